The Kier molecular flexibility index (Phi) is 8.39. The first kappa shape index (κ1) is 21.8. The van der Waals surface area contributed by atoms with Gasteiger partial charge in [-0.15, -0.1) is 0 Å². The van der Waals surface area contributed by atoms with Crippen LogP contribution in [-0.4, -0.2) is 29.4 Å². The van der Waals surface area contributed by atoms with Crippen molar-refractivity contribution in [2.24, 2.45) is 0 Å². The summed E-state index contributed by atoms with van der Waals surface area (Å²) in [6.07, 6.45) is 5.27. The highest BCUT2D eigenvalue weighted by Gasteiger charge is 2.11. The lowest BCUT2D eigenvalue weighted by atomic mass is 10.2. The molecule has 0 radical (unpaired) electrons. The van der Waals surface area contributed by atoms with E-state index in [2.05, 4.69) is 17.3 Å². The Labute approximate surface area is 171 Å². The number of amides is 1. The van der Waals surface area contributed by atoms with Gasteiger partial charge in [0, 0.05) is 24.7 Å². The molecular formula is C21H28ClN3O3. The number of rotatable bonds is 10. The first-order valence-corrected chi connectivity index (χ1v) is 9.86. The monoisotopic (exact) mass is 405 g/mol. The Morgan fingerprint density at radius 1 is 1.32 bits per heavy atom. The first-order chi connectivity index (χ1) is 13.5. The Morgan fingerprint density at radius 2 is 2.11 bits per heavy atom. The second-order valence-corrected chi connectivity index (χ2v) is 6.69. The Bertz CT molecular complexity index is 831. The maximum absolute atomic E-state index is 12.2. The lowest BCUT2D eigenvalue weighted by molar-refractivity contribution is -0.116. The van der Waals surface area contributed by atoms with E-state index < -0.39 is 0 Å². The zero-order chi connectivity index (χ0) is 20.5. The number of ether oxygens (including phenoxy) is 2. The molecule has 1 aromatic heterocycles. The molecule has 28 heavy (non-hydrogen) atoms. The summed E-state index contributed by atoms with van der Waals surface area (Å²) in [5.41, 5.74) is 2.50. The number of hydrogen-bond acceptors (Lipinski definition) is 4. The number of nitrogens with zero attached hydrogens (tertiary/aromatic N) is 2. The minimum Gasteiger partial charge on any atom is -0.493 e. The van der Waals surface area contributed by atoms with Crippen LogP contribution < -0.4 is 14.8 Å². The molecule has 152 valence electrons. The van der Waals surface area contributed by atoms with Crippen LogP contribution in [0.5, 0.6) is 11.5 Å². The summed E-state index contributed by atoms with van der Waals surface area (Å²) in [5.74, 6) is 1.13. The normalized spacial score (nSPS) is 11.0. The van der Waals surface area contributed by atoms with Gasteiger partial charge in [-0.25, -0.2) is 0 Å². The van der Waals surface area contributed by atoms with Gasteiger partial charge in [0.1, 0.15) is 5.15 Å². The number of nitrogens with one attached hydrogen (secondary N) is 1. The quantitative estimate of drug-likeness (QED) is 0.595. The molecule has 0 unspecified atom stereocenters. The van der Waals surface area contributed by atoms with Gasteiger partial charge >= 0.3 is 0 Å². The van der Waals surface area contributed by atoms with Gasteiger partial charge in [-0.2, -0.15) is 5.10 Å². The van der Waals surface area contributed by atoms with E-state index in [1.54, 1.807) is 17.9 Å². The number of carbonyl (C=O) groups excluding carboxylic acids is 1. The molecule has 1 heterocycles. The number of unbranched alkanes of at least 4 members (excludes halogenated alkanes) is 1. The van der Waals surface area contributed by atoms with Crippen molar-refractivity contribution in [3.63, 3.8) is 0 Å². The SMILES string of the molecule is CCCCn1nc(C)c(/C=C/C(=O)NCc2ccc(OCC)c(OC)c2)c1Cl. The van der Waals surface area contributed by atoms with Crippen molar-refractivity contribution >= 4 is 23.6 Å². The fourth-order valence-corrected chi connectivity index (χ4v) is 3.04. The summed E-state index contributed by atoms with van der Waals surface area (Å²) in [6.45, 7) is 7.65. The molecule has 1 N–H and O–H groups in total. The standard InChI is InChI=1S/C21H28ClN3O3/c1-5-7-12-25-21(22)17(15(3)24-25)9-11-20(26)23-14-16-8-10-18(28-6-2)19(13-16)27-4/h8-11,13H,5-7,12,14H2,1-4H3,(H,23,26)/b11-9+. The summed E-state index contributed by atoms with van der Waals surface area (Å²) >= 11 is 6.39. The molecule has 0 bridgehead atoms. The van der Waals surface area contributed by atoms with Gasteiger partial charge in [-0.1, -0.05) is 31.0 Å². The second kappa shape index (κ2) is 10.8. The van der Waals surface area contributed by atoms with Crippen LogP contribution in [0.15, 0.2) is 24.3 Å². The molecule has 0 fully saturated rings. The van der Waals surface area contributed by atoms with Crippen molar-refractivity contribution < 1.29 is 14.3 Å². The van der Waals surface area contributed by atoms with Crippen LogP contribution >= 0.6 is 11.6 Å². The fourth-order valence-electron chi connectivity index (χ4n) is 2.72. The van der Waals surface area contributed by atoms with E-state index in [4.69, 9.17) is 21.1 Å². The van der Waals surface area contributed by atoms with Gasteiger partial charge in [-0.05, 0) is 44.0 Å². The Morgan fingerprint density at radius 3 is 2.79 bits per heavy atom. The van der Waals surface area contributed by atoms with Gasteiger partial charge in [0.25, 0.3) is 0 Å². The summed E-state index contributed by atoms with van der Waals surface area (Å²) in [5, 5.41) is 7.86. The van der Waals surface area contributed by atoms with Gasteiger partial charge in [0.2, 0.25) is 5.91 Å². The van der Waals surface area contributed by atoms with Crippen LogP contribution in [0.4, 0.5) is 0 Å². The van der Waals surface area contributed by atoms with E-state index >= 15 is 0 Å². The highest BCUT2D eigenvalue weighted by Crippen LogP contribution is 2.28. The molecule has 0 aliphatic carbocycles. The third-order valence-corrected chi connectivity index (χ3v) is 4.63. The smallest absolute Gasteiger partial charge is 0.244 e. The van der Waals surface area contributed by atoms with Crippen molar-refractivity contribution in [2.75, 3.05) is 13.7 Å². The molecule has 0 saturated carbocycles. The number of methoxy groups -OCH3 is 1. The molecule has 0 atom stereocenters. The molecule has 7 heteroatoms. The molecule has 0 spiro atoms. The molecule has 0 aliphatic rings. The van der Waals surface area contributed by atoms with E-state index in [9.17, 15) is 4.79 Å². The zero-order valence-electron chi connectivity index (χ0n) is 16.9. The van der Waals surface area contributed by atoms with Crippen LogP contribution in [-0.2, 0) is 17.9 Å². The third-order valence-electron chi connectivity index (χ3n) is 4.23. The van der Waals surface area contributed by atoms with E-state index in [1.807, 2.05) is 32.0 Å². The van der Waals surface area contributed by atoms with Gasteiger partial charge in [-0.3, -0.25) is 9.48 Å². The summed E-state index contributed by atoms with van der Waals surface area (Å²) in [4.78, 5) is 12.2. The minimum atomic E-state index is -0.204. The molecule has 0 saturated heterocycles. The van der Waals surface area contributed by atoms with Crippen molar-refractivity contribution in [3.05, 3.63) is 46.2 Å². The predicted octanol–water partition coefficient (Wildman–Crippen LogP) is 4.38. The van der Waals surface area contributed by atoms with Crippen LogP contribution in [0.25, 0.3) is 6.08 Å². The fraction of sp³-hybridized carbons (Fsp3) is 0.429. The molecular weight excluding hydrogens is 378 g/mol. The topological polar surface area (TPSA) is 65.4 Å². The average Bonchev–Trinajstić information content (AvgIpc) is 2.96. The number of halogens is 1. The molecule has 2 rings (SSSR count). The lowest BCUT2D eigenvalue weighted by Crippen LogP contribution is -2.20. The van der Waals surface area contributed by atoms with Crippen molar-refractivity contribution in [1.82, 2.24) is 15.1 Å². The molecule has 6 nitrogen and oxygen atoms in total. The largest absolute Gasteiger partial charge is 0.493 e. The third kappa shape index (κ3) is 5.76. The van der Waals surface area contributed by atoms with E-state index in [0.29, 0.717) is 29.8 Å². The van der Waals surface area contributed by atoms with Gasteiger partial charge in [0.15, 0.2) is 11.5 Å². The predicted molar refractivity (Wildman–Crippen MR) is 112 cm³/mol. The van der Waals surface area contributed by atoms with Crippen molar-refractivity contribution in [2.45, 2.75) is 46.7 Å². The average molecular weight is 406 g/mol. The summed E-state index contributed by atoms with van der Waals surface area (Å²) in [7, 11) is 1.59. The van der Waals surface area contributed by atoms with Crippen LogP contribution in [0, 0.1) is 6.92 Å². The molecule has 1 aromatic carbocycles. The van der Waals surface area contributed by atoms with E-state index in [1.165, 1.54) is 6.08 Å². The summed E-state index contributed by atoms with van der Waals surface area (Å²) < 4.78 is 12.6. The molecule has 0 aliphatic heterocycles. The summed E-state index contributed by atoms with van der Waals surface area (Å²) in [6, 6.07) is 5.59. The van der Waals surface area contributed by atoms with Crippen LogP contribution in [0.2, 0.25) is 5.15 Å². The second-order valence-electron chi connectivity index (χ2n) is 6.34. The number of aryl methyl sites for hydroxylation is 2. The van der Waals surface area contributed by atoms with Crippen molar-refractivity contribution in [3.8, 4) is 11.5 Å². The van der Waals surface area contributed by atoms with E-state index in [-0.39, 0.29) is 5.91 Å². The lowest BCUT2D eigenvalue weighted by Gasteiger charge is -2.11. The number of hydrogen-bond donors (Lipinski definition) is 1. The maximum Gasteiger partial charge on any atom is 0.244 e. The van der Waals surface area contributed by atoms with Crippen molar-refractivity contribution in [1.29, 1.82) is 0 Å². The van der Waals surface area contributed by atoms with Gasteiger partial charge in [0.05, 0.1) is 19.4 Å². The minimum absolute atomic E-state index is 0.204. The Hall–Kier alpha value is -2.47. The Balaban J connectivity index is 1.98. The van der Waals surface area contributed by atoms with Crippen LogP contribution in [0.3, 0.4) is 0 Å². The highest BCUT2D eigenvalue weighted by atomic mass is 35.5. The molecule has 2 aromatic rings. The van der Waals surface area contributed by atoms with Crippen LogP contribution in [0.1, 0.15) is 43.5 Å². The zero-order valence-corrected chi connectivity index (χ0v) is 17.7. The number of aromatic nitrogens is 2. The number of carbonyl (C=O) groups is 1. The molecule has 1 amide bonds. The first-order valence-electron chi connectivity index (χ1n) is 9.48. The maximum atomic E-state index is 12.2. The van der Waals surface area contributed by atoms with E-state index in [0.717, 1.165) is 36.2 Å². The number of benzene rings is 1. The van der Waals surface area contributed by atoms with Gasteiger partial charge < -0.3 is 14.8 Å². The highest BCUT2D eigenvalue weighted by molar-refractivity contribution is 6.31.